The van der Waals surface area contributed by atoms with Crippen LogP contribution >= 0.6 is 39.3 Å². The number of nitrogens with zero attached hydrogens (tertiary/aromatic N) is 1. The van der Waals surface area contributed by atoms with Crippen molar-refractivity contribution in [1.82, 2.24) is 4.90 Å². The van der Waals surface area contributed by atoms with Gasteiger partial charge in [0.1, 0.15) is 6.04 Å². The van der Waals surface area contributed by atoms with Crippen LogP contribution in [0.25, 0.3) is 0 Å². The van der Waals surface area contributed by atoms with Gasteiger partial charge in [0.25, 0.3) is 0 Å². The lowest BCUT2D eigenvalue weighted by molar-refractivity contribution is -0.141. The second-order valence-corrected chi connectivity index (χ2v) is 6.90. The summed E-state index contributed by atoms with van der Waals surface area (Å²) in [4.78, 5) is 25.1. The van der Waals surface area contributed by atoms with Gasteiger partial charge in [-0.3, -0.25) is 4.90 Å². The van der Waals surface area contributed by atoms with Gasteiger partial charge in [-0.2, -0.15) is 0 Å². The fraction of sp³-hybridized carbons (Fsp3) is 0.385. The van der Waals surface area contributed by atoms with Crippen molar-refractivity contribution in [3.05, 3.63) is 27.7 Å². The van der Waals surface area contributed by atoms with E-state index < -0.39 is 18.0 Å². The number of halogens is 2. The molecule has 21 heavy (non-hydrogen) atoms. The van der Waals surface area contributed by atoms with Crippen molar-refractivity contribution in [2.24, 2.45) is 0 Å². The number of carboxylic acid groups (broad SMARTS) is 1. The molecule has 0 aliphatic carbocycles. The third-order valence-corrected chi connectivity index (χ3v) is 6.01. The molecule has 1 fully saturated rings. The number of urea groups is 1. The normalized spacial score (nSPS) is 21.4. The van der Waals surface area contributed by atoms with Crippen molar-refractivity contribution in [2.75, 3.05) is 11.1 Å². The van der Waals surface area contributed by atoms with E-state index in [1.54, 1.807) is 18.2 Å². The summed E-state index contributed by atoms with van der Waals surface area (Å²) >= 11 is 10.8. The largest absolute Gasteiger partial charge is 0.480 e. The fourth-order valence-corrected chi connectivity index (χ4v) is 4.01. The van der Waals surface area contributed by atoms with E-state index in [1.165, 1.54) is 16.7 Å². The van der Waals surface area contributed by atoms with Crippen LogP contribution in [0.3, 0.4) is 0 Å². The SMILES string of the molecule is CCC1SCC(C(=O)O)N1C(=O)Nc1cccc(Cl)c1Br. The second-order valence-electron chi connectivity index (χ2n) is 4.49. The van der Waals surface area contributed by atoms with Gasteiger partial charge in [-0.15, -0.1) is 11.8 Å². The van der Waals surface area contributed by atoms with Gasteiger partial charge in [0.05, 0.1) is 20.6 Å². The van der Waals surface area contributed by atoms with E-state index in [0.29, 0.717) is 27.4 Å². The number of amides is 2. The summed E-state index contributed by atoms with van der Waals surface area (Å²) in [6.45, 7) is 1.93. The highest BCUT2D eigenvalue weighted by atomic mass is 79.9. The molecule has 1 heterocycles. The van der Waals surface area contributed by atoms with E-state index in [0.717, 1.165) is 0 Å². The summed E-state index contributed by atoms with van der Waals surface area (Å²) < 4.78 is 0.576. The van der Waals surface area contributed by atoms with Gasteiger partial charge in [0.15, 0.2) is 0 Å². The van der Waals surface area contributed by atoms with E-state index in [9.17, 15) is 14.7 Å². The van der Waals surface area contributed by atoms with Gasteiger partial charge in [-0.05, 0) is 34.5 Å². The van der Waals surface area contributed by atoms with E-state index in [4.69, 9.17) is 11.6 Å². The molecule has 2 amide bonds. The van der Waals surface area contributed by atoms with Crippen LogP contribution in [0.1, 0.15) is 13.3 Å². The zero-order chi connectivity index (χ0) is 15.6. The maximum Gasteiger partial charge on any atom is 0.327 e. The molecule has 0 radical (unpaired) electrons. The van der Waals surface area contributed by atoms with E-state index >= 15 is 0 Å². The molecule has 0 saturated carbocycles. The summed E-state index contributed by atoms with van der Waals surface area (Å²) in [5, 5.41) is 12.3. The summed E-state index contributed by atoms with van der Waals surface area (Å²) in [7, 11) is 0. The Bertz CT molecular complexity index is 572. The highest BCUT2D eigenvalue weighted by molar-refractivity contribution is 9.10. The van der Waals surface area contributed by atoms with Crippen LogP contribution in [-0.4, -0.2) is 39.2 Å². The van der Waals surface area contributed by atoms with Gasteiger partial charge >= 0.3 is 12.0 Å². The summed E-state index contributed by atoms with van der Waals surface area (Å²) in [6, 6.07) is 3.88. The minimum absolute atomic E-state index is 0.135. The number of rotatable bonds is 3. The molecule has 0 spiro atoms. The fourth-order valence-electron chi connectivity index (χ4n) is 2.12. The number of carbonyl (C=O) groups is 2. The van der Waals surface area contributed by atoms with Crippen LogP contribution in [0.4, 0.5) is 10.5 Å². The van der Waals surface area contributed by atoms with E-state index in [-0.39, 0.29) is 5.37 Å². The molecule has 0 aromatic heterocycles. The highest BCUT2D eigenvalue weighted by Crippen LogP contribution is 2.34. The molecule has 0 bridgehead atoms. The number of hydrogen-bond acceptors (Lipinski definition) is 3. The van der Waals surface area contributed by atoms with Crippen molar-refractivity contribution in [2.45, 2.75) is 24.8 Å². The number of carbonyl (C=O) groups excluding carboxylic acids is 1. The Morgan fingerprint density at radius 2 is 2.29 bits per heavy atom. The topological polar surface area (TPSA) is 69.6 Å². The van der Waals surface area contributed by atoms with Crippen molar-refractivity contribution in [3.63, 3.8) is 0 Å². The van der Waals surface area contributed by atoms with Gasteiger partial charge in [-0.1, -0.05) is 24.6 Å². The van der Waals surface area contributed by atoms with Crippen LogP contribution in [-0.2, 0) is 4.79 Å². The summed E-state index contributed by atoms with van der Waals surface area (Å²) in [5.41, 5.74) is 0.517. The number of anilines is 1. The van der Waals surface area contributed by atoms with E-state index in [2.05, 4.69) is 21.2 Å². The highest BCUT2D eigenvalue weighted by Gasteiger charge is 2.40. The molecule has 8 heteroatoms. The molecule has 2 unspecified atom stereocenters. The Morgan fingerprint density at radius 3 is 2.90 bits per heavy atom. The van der Waals surface area contributed by atoms with Crippen molar-refractivity contribution in [1.29, 1.82) is 0 Å². The smallest absolute Gasteiger partial charge is 0.327 e. The standard InChI is InChI=1S/C13H14BrClN2O3S/c1-2-10-17(9(6-21-10)12(18)19)13(20)16-8-5-3-4-7(15)11(8)14/h3-5,9-10H,2,6H2,1H3,(H,16,20)(H,18,19). The van der Waals surface area contributed by atoms with Gasteiger partial charge < -0.3 is 10.4 Å². The van der Waals surface area contributed by atoms with Crippen LogP contribution in [0.15, 0.2) is 22.7 Å². The molecule has 2 atom stereocenters. The van der Waals surface area contributed by atoms with Gasteiger partial charge in [0.2, 0.25) is 0 Å². The first-order valence-electron chi connectivity index (χ1n) is 6.33. The number of nitrogens with one attached hydrogen (secondary N) is 1. The Hall–Kier alpha value is -0.920. The van der Waals surface area contributed by atoms with Gasteiger partial charge in [0, 0.05) is 5.75 Å². The molecule has 114 valence electrons. The molecular weight excluding hydrogens is 380 g/mol. The third kappa shape index (κ3) is 3.46. The molecule has 1 aromatic carbocycles. The second kappa shape index (κ2) is 6.89. The molecule has 2 rings (SSSR count). The summed E-state index contributed by atoms with van der Waals surface area (Å²) in [5.74, 6) is -0.586. The average molecular weight is 394 g/mol. The minimum Gasteiger partial charge on any atom is -0.480 e. The summed E-state index contributed by atoms with van der Waals surface area (Å²) in [6.07, 6.45) is 0.693. The minimum atomic E-state index is -0.987. The first-order valence-corrected chi connectivity index (χ1v) is 8.55. The maximum atomic E-state index is 12.4. The zero-order valence-electron chi connectivity index (χ0n) is 11.2. The maximum absolute atomic E-state index is 12.4. The number of thioether (sulfide) groups is 1. The quantitative estimate of drug-likeness (QED) is 0.818. The first kappa shape index (κ1) is 16.5. The molecule has 1 aliphatic heterocycles. The molecule has 1 saturated heterocycles. The van der Waals surface area contributed by atoms with Crippen LogP contribution in [0.5, 0.6) is 0 Å². The lowest BCUT2D eigenvalue weighted by Gasteiger charge is -2.27. The molecule has 1 aliphatic rings. The number of carboxylic acids is 1. The monoisotopic (exact) mass is 392 g/mol. The number of benzene rings is 1. The van der Waals surface area contributed by atoms with Crippen molar-refractivity contribution in [3.8, 4) is 0 Å². The van der Waals surface area contributed by atoms with E-state index in [1.807, 2.05) is 6.92 Å². The number of aliphatic carboxylic acids is 1. The Morgan fingerprint density at radius 1 is 1.57 bits per heavy atom. The van der Waals surface area contributed by atoms with Crippen LogP contribution in [0, 0.1) is 0 Å². The predicted octanol–water partition coefficient (Wildman–Crippen LogP) is 3.87. The third-order valence-electron chi connectivity index (χ3n) is 3.15. The van der Waals surface area contributed by atoms with Gasteiger partial charge in [-0.25, -0.2) is 9.59 Å². The molecular formula is C13H14BrClN2O3S. The Labute approximate surface area is 140 Å². The lowest BCUT2D eigenvalue weighted by atomic mass is 10.2. The average Bonchev–Trinajstić information content (AvgIpc) is 2.88. The van der Waals surface area contributed by atoms with Crippen LogP contribution in [0.2, 0.25) is 5.02 Å². The lowest BCUT2D eigenvalue weighted by Crippen LogP contribution is -2.47. The molecule has 2 N–H and O–H groups in total. The Balaban J connectivity index is 2.21. The van der Waals surface area contributed by atoms with Crippen molar-refractivity contribution < 1.29 is 14.7 Å². The zero-order valence-corrected chi connectivity index (χ0v) is 14.3. The first-order chi connectivity index (χ1) is 9.95. The number of hydrogen-bond donors (Lipinski definition) is 2. The molecule has 5 nitrogen and oxygen atoms in total. The van der Waals surface area contributed by atoms with Crippen molar-refractivity contribution >= 4 is 57.0 Å². The predicted molar refractivity (Wildman–Crippen MR) is 88.0 cm³/mol. The van der Waals surface area contributed by atoms with Crippen LogP contribution < -0.4 is 5.32 Å². The molecule has 1 aromatic rings. The Kier molecular flexibility index (Phi) is 5.40.